The molecule has 0 spiro atoms. The predicted octanol–water partition coefficient (Wildman–Crippen LogP) is 2.35. The maximum atomic E-state index is 12.1. The Bertz CT molecular complexity index is 930. The van der Waals surface area contributed by atoms with E-state index in [1.165, 1.54) is 0 Å². The van der Waals surface area contributed by atoms with Gasteiger partial charge in [-0.25, -0.2) is 4.99 Å². The van der Waals surface area contributed by atoms with E-state index >= 15 is 0 Å². The van der Waals surface area contributed by atoms with Crippen LogP contribution < -0.4 is 24.8 Å². The van der Waals surface area contributed by atoms with Crippen LogP contribution in [-0.2, 0) is 11.3 Å². The van der Waals surface area contributed by atoms with Crippen LogP contribution in [0.4, 0.5) is 0 Å². The van der Waals surface area contributed by atoms with Crippen LogP contribution in [0.15, 0.2) is 47.5 Å². The number of likely N-dealkylation sites (N-methyl/N-ethyl adjacent to an activating group) is 1. The summed E-state index contributed by atoms with van der Waals surface area (Å²) in [4.78, 5) is 18.4. The molecule has 0 saturated carbocycles. The summed E-state index contributed by atoms with van der Waals surface area (Å²) in [5.74, 6) is 2.72. The van der Waals surface area contributed by atoms with E-state index in [2.05, 4.69) is 10.6 Å². The molecule has 0 radical (unpaired) electrons. The minimum Gasteiger partial charge on any atom is -0.493 e. The number of methoxy groups -OCH3 is 2. The number of amides is 1. The van der Waals surface area contributed by atoms with Crippen LogP contribution in [0.5, 0.6) is 17.2 Å². The summed E-state index contributed by atoms with van der Waals surface area (Å²) in [6, 6.07) is 13.7. The Balaban J connectivity index is 1.79. The molecule has 8 nitrogen and oxygen atoms in total. The van der Waals surface area contributed by atoms with Crippen LogP contribution in [0, 0.1) is 0 Å². The molecule has 1 aliphatic rings. The van der Waals surface area contributed by atoms with Gasteiger partial charge in [-0.3, -0.25) is 4.79 Å². The number of hydrogen-bond acceptors (Lipinski definition) is 5. The first-order valence-electron chi connectivity index (χ1n) is 10.2. The molecule has 1 unspecified atom stereocenters. The first-order chi connectivity index (χ1) is 15.0. The minimum atomic E-state index is -0.0343. The summed E-state index contributed by atoms with van der Waals surface area (Å²) < 4.78 is 16.4. The number of nitrogens with zero attached hydrogens (tertiary/aromatic N) is 2. The highest BCUT2D eigenvalue weighted by Gasteiger charge is 2.22. The van der Waals surface area contributed by atoms with Crippen LogP contribution in [0.2, 0.25) is 0 Å². The van der Waals surface area contributed by atoms with Crippen molar-refractivity contribution in [1.29, 1.82) is 0 Å². The van der Waals surface area contributed by atoms with Crippen molar-refractivity contribution in [2.24, 2.45) is 4.99 Å². The molecule has 0 aromatic heterocycles. The smallest absolute Gasteiger partial charge is 0.241 e. The fraction of sp³-hybridized carbons (Fsp3) is 0.391. The van der Waals surface area contributed by atoms with E-state index in [9.17, 15) is 4.79 Å². The number of fused-ring (bicyclic) bond motifs is 1. The Morgan fingerprint density at radius 3 is 2.68 bits per heavy atom. The molecule has 31 heavy (non-hydrogen) atoms. The van der Waals surface area contributed by atoms with Gasteiger partial charge in [0.25, 0.3) is 0 Å². The summed E-state index contributed by atoms with van der Waals surface area (Å²) >= 11 is 0. The molecule has 0 aliphatic carbocycles. The molecule has 1 heterocycles. The summed E-state index contributed by atoms with van der Waals surface area (Å²) in [7, 11) is 6.67. The summed E-state index contributed by atoms with van der Waals surface area (Å²) in [6.45, 7) is 1.18. The monoisotopic (exact) mass is 426 g/mol. The largest absolute Gasteiger partial charge is 0.493 e. The van der Waals surface area contributed by atoms with Gasteiger partial charge in [-0.15, -0.1) is 0 Å². The van der Waals surface area contributed by atoms with E-state index in [0.29, 0.717) is 30.6 Å². The van der Waals surface area contributed by atoms with Crippen LogP contribution in [0.25, 0.3) is 0 Å². The zero-order valence-electron chi connectivity index (χ0n) is 18.5. The third-order valence-electron chi connectivity index (χ3n) is 5.04. The maximum absolute atomic E-state index is 12.1. The van der Waals surface area contributed by atoms with Gasteiger partial charge >= 0.3 is 0 Å². The second kappa shape index (κ2) is 10.6. The molecule has 0 bridgehead atoms. The van der Waals surface area contributed by atoms with Crippen molar-refractivity contribution >= 4 is 11.9 Å². The fourth-order valence-electron chi connectivity index (χ4n) is 3.28. The number of rotatable bonds is 7. The minimum absolute atomic E-state index is 0.0343. The topological polar surface area (TPSA) is 84.4 Å². The maximum Gasteiger partial charge on any atom is 0.241 e. The molecular formula is C23H30N4O4. The number of aliphatic imine (C=N–C) groups is 1. The Morgan fingerprint density at radius 1 is 1.16 bits per heavy atom. The lowest BCUT2D eigenvalue weighted by atomic mass is 10.0. The van der Waals surface area contributed by atoms with Gasteiger partial charge in [0, 0.05) is 26.1 Å². The molecule has 1 amide bonds. The van der Waals surface area contributed by atoms with Crippen LogP contribution in [0.1, 0.15) is 23.6 Å². The average Bonchev–Trinajstić information content (AvgIpc) is 2.80. The number of benzene rings is 2. The number of hydrogen-bond donors (Lipinski definition) is 2. The Labute approximate surface area is 183 Å². The number of guanidine groups is 1. The van der Waals surface area contributed by atoms with Gasteiger partial charge in [0.05, 0.1) is 40.0 Å². The third-order valence-corrected chi connectivity index (χ3v) is 5.04. The number of para-hydroxylation sites is 1. The third kappa shape index (κ3) is 5.81. The zero-order chi connectivity index (χ0) is 22.2. The van der Waals surface area contributed by atoms with Crippen molar-refractivity contribution in [3.8, 4) is 17.2 Å². The van der Waals surface area contributed by atoms with Gasteiger partial charge in [0.15, 0.2) is 17.5 Å². The van der Waals surface area contributed by atoms with E-state index in [1.54, 1.807) is 33.2 Å². The van der Waals surface area contributed by atoms with Gasteiger partial charge < -0.3 is 29.7 Å². The zero-order valence-corrected chi connectivity index (χ0v) is 18.5. The standard InChI is InChI=1S/C23H30N4O4/c1-27(2)22(28)15-25-23(24-14-16-9-10-20(29-3)21(13-16)30-4)26-18-11-12-31-19-8-6-5-7-17(18)19/h5-10,13,18H,11-12,14-15H2,1-4H3,(H2,24,25,26). The van der Waals surface area contributed by atoms with E-state index in [4.69, 9.17) is 19.2 Å². The van der Waals surface area contributed by atoms with Crippen LogP contribution in [-0.4, -0.2) is 58.2 Å². The molecule has 0 saturated heterocycles. The van der Waals surface area contributed by atoms with Crippen molar-refractivity contribution < 1.29 is 19.0 Å². The molecule has 1 aliphatic heterocycles. The molecule has 166 valence electrons. The van der Waals surface area contributed by atoms with E-state index in [1.807, 2.05) is 42.5 Å². The summed E-state index contributed by atoms with van der Waals surface area (Å²) in [5, 5.41) is 6.61. The van der Waals surface area contributed by atoms with E-state index in [-0.39, 0.29) is 18.5 Å². The highest BCUT2D eigenvalue weighted by Crippen LogP contribution is 2.31. The lowest BCUT2D eigenvalue weighted by Crippen LogP contribution is -2.45. The van der Waals surface area contributed by atoms with E-state index in [0.717, 1.165) is 23.3 Å². The van der Waals surface area contributed by atoms with Gasteiger partial charge in [-0.1, -0.05) is 24.3 Å². The molecule has 2 N–H and O–H groups in total. The highest BCUT2D eigenvalue weighted by molar-refractivity contribution is 5.86. The SMILES string of the molecule is COc1ccc(CN=C(NCC(=O)N(C)C)NC2CCOc3ccccc32)cc1OC. The molecular weight excluding hydrogens is 396 g/mol. The second-order valence-electron chi connectivity index (χ2n) is 7.37. The van der Waals surface area contributed by atoms with Crippen molar-refractivity contribution in [2.75, 3.05) is 41.5 Å². The average molecular weight is 427 g/mol. The van der Waals surface area contributed by atoms with Crippen LogP contribution in [0.3, 0.4) is 0 Å². The fourth-order valence-corrected chi connectivity index (χ4v) is 3.28. The number of carbonyl (C=O) groups is 1. The summed E-state index contributed by atoms with van der Waals surface area (Å²) in [6.07, 6.45) is 0.801. The quantitative estimate of drug-likeness (QED) is 0.522. The molecule has 2 aromatic carbocycles. The molecule has 0 fully saturated rings. The number of ether oxygens (including phenoxy) is 3. The van der Waals surface area contributed by atoms with Gasteiger partial charge in [0.1, 0.15) is 5.75 Å². The number of carbonyl (C=O) groups excluding carboxylic acids is 1. The summed E-state index contributed by atoms with van der Waals surface area (Å²) in [5.41, 5.74) is 2.04. The predicted molar refractivity (Wildman–Crippen MR) is 120 cm³/mol. The highest BCUT2D eigenvalue weighted by atomic mass is 16.5. The Kier molecular flexibility index (Phi) is 7.59. The lowest BCUT2D eigenvalue weighted by Gasteiger charge is -2.28. The molecule has 1 atom stereocenters. The van der Waals surface area contributed by atoms with Crippen molar-refractivity contribution in [3.63, 3.8) is 0 Å². The Hall–Kier alpha value is -3.42. The molecule has 3 rings (SSSR count). The van der Waals surface area contributed by atoms with Gasteiger partial charge in [-0.05, 0) is 23.8 Å². The van der Waals surface area contributed by atoms with Crippen molar-refractivity contribution in [3.05, 3.63) is 53.6 Å². The first kappa shape index (κ1) is 22.3. The lowest BCUT2D eigenvalue weighted by molar-refractivity contribution is -0.127. The first-order valence-corrected chi connectivity index (χ1v) is 10.2. The Morgan fingerprint density at radius 2 is 1.94 bits per heavy atom. The van der Waals surface area contributed by atoms with Gasteiger partial charge in [-0.2, -0.15) is 0 Å². The van der Waals surface area contributed by atoms with E-state index < -0.39 is 0 Å². The van der Waals surface area contributed by atoms with Crippen LogP contribution >= 0.6 is 0 Å². The van der Waals surface area contributed by atoms with Gasteiger partial charge in [0.2, 0.25) is 5.91 Å². The number of nitrogens with one attached hydrogen (secondary N) is 2. The van der Waals surface area contributed by atoms with Crippen molar-refractivity contribution in [2.45, 2.75) is 19.0 Å². The molecule has 2 aromatic rings. The van der Waals surface area contributed by atoms with Crippen molar-refractivity contribution in [1.82, 2.24) is 15.5 Å². The molecule has 8 heteroatoms. The second-order valence-corrected chi connectivity index (χ2v) is 7.37. The normalized spacial score (nSPS) is 15.4.